The SMILES string of the molecule is O=C(O)NC1CCC(CCN2CCN(C3CCc4ccccc43)CC2)CC1. The van der Waals surface area contributed by atoms with Crippen LogP contribution >= 0.6 is 0 Å². The molecule has 1 atom stereocenters. The van der Waals surface area contributed by atoms with Crippen LogP contribution in [0, 0.1) is 5.92 Å². The van der Waals surface area contributed by atoms with E-state index in [1.54, 1.807) is 11.1 Å². The normalized spacial score (nSPS) is 29.4. The van der Waals surface area contributed by atoms with Gasteiger partial charge in [-0.15, -0.1) is 0 Å². The smallest absolute Gasteiger partial charge is 0.404 e. The molecule has 148 valence electrons. The monoisotopic (exact) mass is 371 g/mol. The van der Waals surface area contributed by atoms with Crippen molar-refractivity contribution in [2.24, 2.45) is 5.92 Å². The molecule has 1 heterocycles. The predicted octanol–water partition coefficient (Wildman–Crippen LogP) is 3.51. The Morgan fingerprint density at radius 1 is 1.04 bits per heavy atom. The lowest BCUT2D eigenvalue weighted by Crippen LogP contribution is -2.47. The minimum Gasteiger partial charge on any atom is -0.465 e. The third-order valence-electron chi connectivity index (χ3n) is 6.98. The van der Waals surface area contributed by atoms with Gasteiger partial charge in [0.25, 0.3) is 0 Å². The van der Waals surface area contributed by atoms with Gasteiger partial charge in [0.15, 0.2) is 0 Å². The third-order valence-corrected chi connectivity index (χ3v) is 6.98. The van der Waals surface area contributed by atoms with Crippen LogP contribution in [-0.2, 0) is 6.42 Å². The standard InChI is InChI=1S/C22H33N3O2/c26-22(27)23-19-8-5-17(6-9-19)11-12-24-13-15-25(16-14-24)21-10-7-18-3-1-2-4-20(18)21/h1-4,17,19,21,23H,5-16H2,(H,26,27). The summed E-state index contributed by atoms with van der Waals surface area (Å²) < 4.78 is 0. The summed E-state index contributed by atoms with van der Waals surface area (Å²) >= 11 is 0. The zero-order valence-electron chi connectivity index (χ0n) is 16.3. The van der Waals surface area contributed by atoms with Gasteiger partial charge in [-0.25, -0.2) is 4.79 Å². The Morgan fingerprint density at radius 3 is 2.52 bits per heavy atom. The van der Waals surface area contributed by atoms with E-state index >= 15 is 0 Å². The predicted molar refractivity (Wildman–Crippen MR) is 107 cm³/mol. The zero-order valence-corrected chi connectivity index (χ0v) is 16.3. The van der Waals surface area contributed by atoms with Gasteiger partial charge in [0.05, 0.1) is 0 Å². The lowest BCUT2D eigenvalue weighted by atomic mass is 9.84. The van der Waals surface area contributed by atoms with Crippen LogP contribution in [-0.4, -0.2) is 59.8 Å². The Morgan fingerprint density at radius 2 is 1.78 bits per heavy atom. The molecule has 0 radical (unpaired) electrons. The molecule has 0 aromatic heterocycles. The van der Waals surface area contributed by atoms with Gasteiger partial charge in [-0.3, -0.25) is 4.90 Å². The highest BCUT2D eigenvalue weighted by atomic mass is 16.4. The molecule has 0 bridgehead atoms. The van der Waals surface area contributed by atoms with Crippen LogP contribution in [0.1, 0.15) is 55.7 Å². The van der Waals surface area contributed by atoms with Crippen LogP contribution in [0.3, 0.4) is 0 Å². The second-order valence-corrected chi connectivity index (χ2v) is 8.59. The van der Waals surface area contributed by atoms with Gasteiger partial charge < -0.3 is 15.3 Å². The Hall–Kier alpha value is -1.59. The molecule has 0 spiro atoms. The maximum Gasteiger partial charge on any atom is 0.404 e. The summed E-state index contributed by atoms with van der Waals surface area (Å²) in [4.78, 5) is 16.1. The van der Waals surface area contributed by atoms with E-state index in [0.29, 0.717) is 6.04 Å². The van der Waals surface area contributed by atoms with Crippen molar-refractivity contribution < 1.29 is 9.90 Å². The first-order chi connectivity index (χ1) is 13.2. The number of hydrogen-bond donors (Lipinski definition) is 2. The molecule has 5 nitrogen and oxygen atoms in total. The first-order valence-electron chi connectivity index (χ1n) is 10.7. The molecule has 1 unspecified atom stereocenters. The molecule has 5 heteroatoms. The summed E-state index contributed by atoms with van der Waals surface area (Å²) in [6.45, 7) is 5.96. The molecule has 1 saturated carbocycles. The second-order valence-electron chi connectivity index (χ2n) is 8.59. The third kappa shape index (κ3) is 4.64. The van der Waals surface area contributed by atoms with Crippen LogP contribution in [0.5, 0.6) is 0 Å². The number of benzene rings is 1. The quantitative estimate of drug-likeness (QED) is 0.832. The summed E-state index contributed by atoms with van der Waals surface area (Å²) in [5, 5.41) is 11.5. The first-order valence-corrected chi connectivity index (χ1v) is 10.7. The van der Waals surface area contributed by atoms with E-state index in [0.717, 1.165) is 18.8 Å². The molecule has 27 heavy (non-hydrogen) atoms. The first kappa shape index (κ1) is 18.8. The van der Waals surface area contributed by atoms with Crippen molar-refractivity contribution in [3.05, 3.63) is 35.4 Å². The summed E-state index contributed by atoms with van der Waals surface area (Å²) in [7, 11) is 0. The minimum absolute atomic E-state index is 0.177. The number of aryl methyl sites for hydroxylation is 1. The number of piperazine rings is 1. The van der Waals surface area contributed by atoms with Gasteiger partial charge in [0.1, 0.15) is 0 Å². The van der Waals surface area contributed by atoms with Gasteiger partial charge in [-0.1, -0.05) is 24.3 Å². The van der Waals surface area contributed by atoms with E-state index < -0.39 is 6.09 Å². The Labute approximate surface area is 162 Å². The van der Waals surface area contributed by atoms with Crippen molar-refractivity contribution in [2.75, 3.05) is 32.7 Å². The molecule has 2 fully saturated rings. The van der Waals surface area contributed by atoms with Crippen LogP contribution in [0.2, 0.25) is 0 Å². The highest BCUT2D eigenvalue weighted by molar-refractivity contribution is 5.64. The summed E-state index contributed by atoms with van der Waals surface area (Å²) in [6.07, 6.45) is 7.27. The Bertz CT molecular complexity index is 634. The largest absolute Gasteiger partial charge is 0.465 e. The maximum absolute atomic E-state index is 10.7. The van der Waals surface area contributed by atoms with Crippen LogP contribution in [0.25, 0.3) is 0 Å². The molecular weight excluding hydrogens is 338 g/mol. The van der Waals surface area contributed by atoms with Crippen molar-refractivity contribution in [3.8, 4) is 0 Å². The lowest BCUT2D eigenvalue weighted by molar-refractivity contribution is 0.0899. The fraction of sp³-hybridized carbons (Fsp3) is 0.682. The number of carboxylic acid groups (broad SMARTS) is 1. The van der Waals surface area contributed by atoms with Crippen molar-refractivity contribution >= 4 is 6.09 Å². The topological polar surface area (TPSA) is 55.8 Å². The van der Waals surface area contributed by atoms with E-state index in [2.05, 4.69) is 39.4 Å². The average Bonchev–Trinajstić information content (AvgIpc) is 3.12. The Kier molecular flexibility index (Phi) is 5.98. The number of carbonyl (C=O) groups is 1. The fourth-order valence-electron chi connectivity index (χ4n) is 5.35. The fourth-order valence-corrected chi connectivity index (χ4v) is 5.35. The van der Waals surface area contributed by atoms with Crippen molar-refractivity contribution in [1.82, 2.24) is 15.1 Å². The number of nitrogens with zero attached hydrogens (tertiary/aromatic N) is 2. The van der Waals surface area contributed by atoms with Gasteiger partial charge in [-0.2, -0.15) is 0 Å². The summed E-state index contributed by atoms with van der Waals surface area (Å²) in [5.41, 5.74) is 3.12. The Balaban J connectivity index is 1.17. The molecular formula is C22H33N3O2. The second kappa shape index (κ2) is 8.61. The lowest BCUT2D eigenvalue weighted by Gasteiger charge is -2.39. The van der Waals surface area contributed by atoms with E-state index in [-0.39, 0.29) is 6.04 Å². The maximum atomic E-state index is 10.7. The molecule has 4 rings (SSSR count). The van der Waals surface area contributed by atoms with Gasteiger partial charge in [0.2, 0.25) is 0 Å². The van der Waals surface area contributed by atoms with E-state index in [1.807, 2.05) is 0 Å². The molecule has 2 N–H and O–H groups in total. The van der Waals surface area contributed by atoms with Crippen LogP contribution < -0.4 is 5.32 Å². The van der Waals surface area contributed by atoms with Crippen LogP contribution in [0.4, 0.5) is 4.79 Å². The number of amides is 1. The van der Waals surface area contributed by atoms with Gasteiger partial charge in [0, 0.05) is 38.3 Å². The summed E-state index contributed by atoms with van der Waals surface area (Å²) in [5.74, 6) is 0.775. The molecule has 1 saturated heterocycles. The highest BCUT2D eigenvalue weighted by Crippen LogP contribution is 2.36. The number of fused-ring (bicyclic) bond motifs is 1. The molecule has 1 amide bonds. The highest BCUT2D eigenvalue weighted by Gasteiger charge is 2.30. The molecule has 1 aromatic carbocycles. The van der Waals surface area contributed by atoms with Crippen LogP contribution in [0.15, 0.2) is 24.3 Å². The molecule has 3 aliphatic rings. The van der Waals surface area contributed by atoms with E-state index in [1.165, 1.54) is 64.8 Å². The average molecular weight is 372 g/mol. The summed E-state index contributed by atoms with van der Waals surface area (Å²) in [6, 6.07) is 9.80. The number of hydrogen-bond acceptors (Lipinski definition) is 3. The number of nitrogens with one attached hydrogen (secondary N) is 1. The van der Waals surface area contributed by atoms with Gasteiger partial charge in [-0.05, 0) is 68.5 Å². The van der Waals surface area contributed by atoms with Crippen molar-refractivity contribution in [2.45, 2.75) is 57.0 Å². The van der Waals surface area contributed by atoms with E-state index in [4.69, 9.17) is 5.11 Å². The zero-order chi connectivity index (χ0) is 18.6. The molecule has 1 aromatic rings. The number of rotatable bonds is 5. The molecule has 1 aliphatic heterocycles. The van der Waals surface area contributed by atoms with Crippen molar-refractivity contribution in [3.63, 3.8) is 0 Å². The minimum atomic E-state index is -0.874. The van der Waals surface area contributed by atoms with E-state index in [9.17, 15) is 4.79 Å². The van der Waals surface area contributed by atoms with Gasteiger partial charge >= 0.3 is 6.09 Å². The molecule has 2 aliphatic carbocycles. The van der Waals surface area contributed by atoms with Crippen molar-refractivity contribution in [1.29, 1.82) is 0 Å².